The van der Waals surface area contributed by atoms with Crippen LogP contribution in [0, 0.1) is 5.82 Å². The zero-order chi connectivity index (χ0) is 13.9. The van der Waals surface area contributed by atoms with Gasteiger partial charge in [-0.1, -0.05) is 0 Å². The molecule has 0 unspecified atom stereocenters. The summed E-state index contributed by atoms with van der Waals surface area (Å²) in [5.41, 5.74) is 6.94. The minimum atomic E-state index is -0.303. The van der Waals surface area contributed by atoms with E-state index in [1.165, 1.54) is 12.1 Å². The first-order chi connectivity index (χ1) is 9.70. The Bertz CT molecular complexity index is 613. The van der Waals surface area contributed by atoms with Gasteiger partial charge in [0.1, 0.15) is 19.0 Å². The van der Waals surface area contributed by atoms with Gasteiger partial charge in [0.25, 0.3) is 0 Å². The molecule has 0 radical (unpaired) electrons. The van der Waals surface area contributed by atoms with Crippen molar-refractivity contribution < 1.29 is 13.9 Å². The normalized spacial score (nSPS) is 13.2. The molecule has 3 nitrogen and oxygen atoms in total. The van der Waals surface area contributed by atoms with Crippen molar-refractivity contribution in [1.29, 1.82) is 0 Å². The standard InChI is InChI=1S/C15H14FNO2S/c16-11-5-10(6-12(17)7-11)9-20-13-1-2-14-15(8-13)19-4-3-18-14/h1-2,5-8H,3-4,9,17H2. The zero-order valence-corrected chi connectivity index (χ0v) is 11.6. The molecule has 2 N–H and O–H groups in total. The number of hydrogen-bond acceptors (Lipinski definition) is 4. The third-order valence-corrected chi connectivity index (χ3v) is 3.96. The number of anilines is 1. The van der Waals surface area contributed by atoms with Crippen molar-refractivity contribution in [3.63, 3.8) is 0 Å². The molecule has 5 heteroatoms. The number of hydrogen-bond donors (Lipinski definition) is 1. The molecule has 0 aliphatic carbocycles. The number of nitrogen functional groups attached to an aromatic ring is 1. The fourth-order valence-corrected chi connectivity index (χ4v) is 2.89. The van der Waals surface area contributed by atoms with Gasteiger partial charge in [-0.15, -0.1) is 11.8 Å². The Labute approximate surface area is 120 Å². The van der Waals surface area contributed by atoms with Crippen molar-refractivity contribution in [1.82, 2.24) is 0 Å². The molecule has 0 saturated carbocycles. The number of benzene rings is 2. The second-order valence-electron chi connectivity index (χ2n) is 4.49. The lowest BCUT2D eigenvalue weighted by atomic mass is 10.2. The zero-order valence-electron chi connectivity index (χ0n) is 10.8. The Morgan fingerprint density at radius 3 is 2.65 bits per heavy atom. The molecule has 0 fully saturated rings. The summed E-state index contributed by atoms with van der Waals surface area (Å²) in [5.74, 6) is 1.89. The highest BCUT2D eigenvalue weighted by Crippen LogP contribution is 2.35. The average molecular weight is 291 g/mol. The molecule has 104 valence electrons. The van der Waals surface area contributed by atoms with Gasteiger partial charge in [-0.2, -0.15) is 0 Å². The smallest absolute Gasteiger partial charge is 0.162 e. The van der Waals surface area contributed by atoms with Crippen LogP contribution < -0.4 is 15.2 Å². The van der Waals surface area contributed by atoms with Crippen LogP contribution in [0.5, 0.6) is 11.5 Å². The molecule has 1 aliphatic rings. The van der Waals surface area contributed by atoms with Crippen molar-refractivity contribution in [3.8, 4) is 11.5 Å². The fraction of sp³-hybridized carbons (Fsp3) is 0.200. The van der Waals surface area contributed by atoms with Crippen LogP contribution >= 0.6 is 11.8 Å². The first kappa shape index (κ1) is 13.1. The van der Waals surface area contributed by atoms with Crippen molar-refractivity contribution in [2.24, 2.45) is 0 Å². The summed E-state index contributed by atoms with van der Waals surface area (Å²) >= 11 is 1.61. The molecule has 0 saturated heterocycles. The molecule has 1 heterocycles. The summed E-state index contributed by atoms with van der Waals surface area (Å²) < 4.78 is 24.3. The Morgan fingerprint density at radius 2 is 1.85 bits per heavy atom. The van der Waals surface area contributed by atoms with Crippen LogP contribution in [0.4, 0.5) is 10.1 Å². The van der Waals surface area contributed by atoms with Crippen molar-refractivity contribution >= 4 is 17.4 Å². The Balaban J connectivity index is 1.71. The van der Waals surface area contributed by atoms with E-state index in [0.717, 1.165) is 22.0 Å². The van der Waals surface area contributed by atoms with Crippen LogP contribution in [0.2, 0.25) is 0 Å². The maximum Gasteiger partial charge on any atom is 0.162 e. The summed E-state index contributed by atoms with van der Waals surface area (Å²) in [6, 6.07) is 10.4. The Kier molecular flexibility index (Phi) is 3.69. The molecule has 20 heavy (non-hydrogen) atoms. The number of rotatable bonds is 3. The minimum Gasteiger partial charge on any atom is -0.486 e. The van der Waals surface area contributed by atoms with E-state index < -0.39 is 0 Å². The minimum absolute atomic E-state index is 0.303. The first-order valence-corrected chi connectivity index (χ1v) is 7.27. The number of thioether (sulfide) groups is 1. The lowest BCUT2D eigenvalue weighted by Gasteiger charge is -2.18. The van der Waals surface area contributed by atoms with E-state index in [9.17, 15) is 4.39 Å². The van der Waals surface area contributed by atoms with E-state index in [-0.39, 0.29) is 5.82 Å². The van der Waals surface area contributed by atoms with E-state index in [4.69, 9.17) is 15.2 Å². The van der Waals surface area contributed by atoms with Gasteiger partial charge in [0.15, 0.2) is 11.5 Å². The van der Waals surface area contributed by atoms with Crippen LogP contribution in [0.25, 0.3) is 0 Å². The van der Waals surface area contributed by atoms with Crippen LogP contribution in [0.15, 0.2) is 41.3 Å². The maximum absolute atomic E-state index is 13.3. The predicted octanol–water partition coefficient (Wildman–Crippen LogP) is 3.47. The monoisotopic (exact) mass is 291 g/mol. The van der Waals surface area contributed by atoms with Crippen LogP contribution in [-0.2, 0) is 5.75 Å². The predicted molar refractivity (Wildman–Crippen MR) is 77.8 cm³/mol. The Hall–Kier alpha value is -1.88. The van der Waals surface area contributed by atoms with Gasteiger partial charge < -0.3 is 15.2 Å². The molecule has 2 aromatic carbocycles. The molecular formula is C15H14FNO2S. The number of halogens is 1. The third-order valence-electron chi connectivity index (χ3n) is 2.90. The highest BCUT2D eigenvalue weighted by atomic mass is 32.2. The second-order valence-corrected chi connectivity index (χ2v) is 5.54. The van der Waals surface area contributed by atoms with Gasteiger partial charge in [0, 0.05) is 16.3 Å². The number of ether oxygens (including phenoxy) is 2. The van der Waals surface area contributed by atoms with Crippen molar-refractivity contribution in [2.75, 3.05) is 18.9 Å². The largest absolute Gasteiger partial charge is 0.486 e. The summed E-state index contributed by atoms with van der Waals surface area (Å²) in [5, 5.41) is 0. The molecule has 0 bridgehead atoms. The summed E-state index contributed by atoms with van der Waals surface area (Å²) in [4.78, 5) is 1.05. The lowest BCUT2D eigenvalue weighted by Crippen LogP contribution is -2.15. The molecule has 0 aromatic heterocycles. The van der Waals surface area contributed by atoms with Crippen LogP contribution in [-0.4, -0.2) is 13.2 Å². The SMILES string of the molecule is Nc1cc(F)cc(CSc2ccc3c(c2)OCCO3)c1. The summed E-state index contributed by atoms with van der Waals surface area (Å²) in [6.07, 6.45) is 0. The van der Waals surface area contributed by atoms with E-state index in [1.807, 2.05) is 18.2 Å². The van der Waals surface area contributed by atoms with Gasteiger partial charge in [-0.3, -0.25) is 0 Å². The van der Waals surface area contributed by atoms with Gasteiger partial charge in [-0.25, -0.2) is 4.39 Å². The molecule has 0 spiro atoms. The molecule has 0 amide bonds. The first-order valence-electron chi connectivity index (χ1n) is 6.28. The molecular weight excluding hydrogens is 277 g/mol. The molecule has 0 atom stereocenters. The van der Waals surface area contributed by atoms with Crippen LogP contribution in [0.1, 0.15) is 5.56 Å². The molecule has 2 aromatic rings. The van der Waals surface area contributed by atoms with Crippen molar-refractivity contribution in [2.45, 2.75) is 10.6 Å². The summed E-state index contributed by atoms with van der Waals surface area (Å²) in [7, 11) is 0. The number of nitrogens with two attached hydrogens (primary N) is 1. The van der Waals surface area contributed by atoms with E-state index in [2.05, 4.69) is 0 Å². The van der Waals surface area contributed by atoms with E-state index in [1.54, 1.807) is 17.8 Å². The average Bonchev–Trinajstić information content (AvgIpc) is 2.44. The second kappa shape index (κ2) is 5.63. The van der Waals surface area contributed by atoms with Gasteiger partial charge >= 0.3 is 0 Å². The van der Waals surface area contributed by atoms with Crippen molar-refractivity contribution in [3.05, 3.63) is 47.8 Å². The van der Waals surface area contributed by atoms with Gasteiger partial charge in [-0.05, 0) is 42.0 Å². The van der Waals surface area contributed by atoms with E-state index >= 15 is 0 Å². The topological polar surface area (TPSA) is 44.5 Å². The number of fused-ring (bicyclic) bond motifs is 1. The molecule has 1 aliphatic heterocycles. The fourth-order valence-electron chi connectivity index (χ4n) is 2.04. The Morgan fingerprint density at radius 1 is 1.05 bits per heavy atom. The molecule has 3 rings (SSSR count). The van der Waals surface area contributed by atoms with E-state index in [0.29, 0.717) is 24.7 Å². The maximum atomic E-state index is 13.3. The van der Waals surface area contributed by atoms with Gasteiger partial charge in [0.05, 0.1) is 0 Å². The summed E-state index contributed by atoms with van der Waals surface area (Å²) in [6.45, 7) is 1.16. The highest BCUT2D eigenvalue weighted by molar-refractivity contribution is 7.98. The lowest BCUT2D eigenvalue weighted by molar-refractivity contribution is 0.171. The van der Waals surface area contributed by atoms with Gasteiger partial charge in [0.2, 0.25) is 0 Å². The quantitative estimate of drug-likeness (QED) is 0.694. The van der Waals surface area contributed by atoms with Crippen LogP contribution in [0.3, 0.4) is 0 Å². The third kappa shape index (κ3) is 2.99. The highest BCUT2D eigenvalue weighted by Gasteiger charge is 2.11.